The maximum Gasteiger partial charge on any atom is 0.273 e. The van der Waals surface area contributed by atoms with Crippen LogP contribution in [0.1, 0.15) is 23.7 Å². The second-order valence-electron chi connectivity index (χ2n) is 4.76. The number of non-ortho nitro benzene ring substituents is 1. The van der Waals surface area contributed by atoms with E-state index in [9.17, 15) is 15.2 Å². The number of hydrogen-bond donors (Lipinski definition) is 1. The molecule has 0 heterocycles. The molecule has 1 atom stereocenters. The highest BCUT2D eigenvalue weighted by Gasteiger charge is 2.12. The van der Waals surface area contributed by atoms with Gasteiger partial charge in [0.1, 0.15) is 5.75 Å². The number of aliphatic hydroxyl groups excluding tert-OH is 1. The molecule has 0 aliphatic carbocycles. The van der Waals surface area contributed by atoms with Gasteiger partial charge < -0.3 is 9.84 Å². The molecule has 0 aromatic heterocycles. The van der Waals surface area contributed by atoms with E-state index in [-0.39, 0.29) is 5.69 Å². The summed E-state index contributed by atoms with van der Waals surface area (Å²) in [7, 11) is 1.47. The molecule has 0 spiro atoms. The molecular formula is C16H17NO4. The predicted molar refractivity (Wildman–Crippen MR) is 79.4 cm³/mol. The highest BCUT2D eigenvalue weighted by Crippen LogP contribution is 2.25. The van der Waals surface area contributed by atoms with Crippen molar-refractivity contribution in [1.29, 1.82) is 0 Å². The molecule has 0 radical (unpaired) electrons. The fourth-order valence-electron chi connectivity index (χ4n) is 2.16. The number of nitro groups is 1. The Morgan fingerprint density at radius 2 is 1.95 bits per heavy atom. The second kappa shape index (κ2) is 6.85. The molecule has 0 fully saturated rings. The number of hydrogen-bond acceptors (Lipinski definition) is 4. The van der Waals surface area contributed by atoms with Crippen molar-refractivity contribution in [2.24, 2.45) is 0 Å². The molecular weight excluding hydrogens is 270 g/mol. The smallest absolute Gasteiger partial charge is 0.273 e. The third kappa shape index (κ3) is 4.03. The van der Waals surface area contributed by atoms with Gasteiger partial charge in [-0.05, 0) is 30.0 Å². The van der Waals surface area contributed by atoms with Gasteiger partial charge in [0.2, 0.25) is 0 Å². The topological polar surface area (TPSA) is 72.6 Å². The minimum absolute atomic E-state index is 0.00134. The number of aliphatic hydroxyl groups is 1. The Morgan fingerprint density at radius 1 is 1.24 bits per heavy atom. The summed E-state index contributed by atoms with van der Waals surface area (Å²) in [5.41, 5.74) is 1.62. The van der Waals surface area contributed by atoms with E-state index in [0.717, 1.165) is 11.1 Å². The van der Waals surface area contributed by atoms with E-state index in [2.05, 4.69) is 0 Å². The maximum atomic E-state index is 10.9. The zero-order valence-corrected chi connectivity index (χ0v) is 11.7. The lowest BCUT2D eigenvalue weighted by molar-refractivity contribution is -0.385. The monoisotopic (exact) mass is 287 g/mol. The lowest BCUT2D eigenvalue weighted by atomic mass is 10.0. The van der Waals surface area contributed by atoms with Crippen LogP contribution in [0.4, 0.5) is 5.69 Å². The molecule has 0 aliphatic heterocycles. The van der Waals surface area contributed by atoms with Crippen molar-refractivity contribution in [2.75, 3.05) is 7.11 Å². The minimum Gasteiger partial charge on any atom is -0.496 e. The summed E-state index contributed by atoms with van der Waals surface area (Å²) < 4.78 is 5.07. The van der Waals surface area contributed by atoms with Crippen LogP contribution in [0.5, 0.6) is 5.75 Å². The first-order valence-electron chi connectivity index (χ1n) is 6.65. The van der Waals surface area contributed by atoms with Crippen molar-refractivity contribution < 1.29 is 14.8 Å². The van der Waals surface area contributed by atoms with Gasteiger partial charge >= 0.3 is 0 Å². The standard InChI is InChI=1S/C16H17NO4/c1-21-15-10-12(9-14(11-15)17(19)20)7-8-16(18)13-5-3-2-4-6-13/h2-6,9-11,16,18H,7-8H2,1H3. The van der Waals surface area contributed by atoms with E-state index < -0.39 is 11.0 Å². The van der Waals surface area contributed by atoms with E-state index in [1.165, 1.54) is 19.2 Å². The molecule has 0 saturated carbocycles. The molecule has 2 aromatic rings. The van der Waals surface area contributed by atoms with E-state index in [0.29, 0.717) is 18.6 Å². The van der Waals surface area contributed by atoms with Gasteiger partial charge in [0, 0.05) is 6.07 Å². The molecule has 1 unspecified atom stereocenters. The SMILES string of the molecule is COc1cc(CCC(O)c2ccccc2)cc([N+](=O)[O-])c1. The Balaban J connectivity index is 2.09. The first-order chi connectivity index (χ1) is 10.1. The van der Waals surface area contributed by atoms with Crippen LogP contribution in [-0.2, 0) is 6.42 Å². The zero-order chi connectivity index (χ0) is 15.2. The number of methoxy groups -OCH3 is 1. The first-order valence-corrected chi connectivity index (χ1v) is 6.65. The van der Waals surface area contributed by atoms with Crippen molar-refractivity contribution in [2.45, 2.75) is 18.9 Å². The fraction of sp³-hybridized carbons (Fsp3) is 0.250. The van der Waals surface area contributed by atoms with E-state index in [1.807, 2.05) is 30.3 Å². The van der Waals surface area contributed by atoms with E-state index in [1.54, 1.807) is 6.07 Å². The molecule has 0 bridgehead atoms. The van der Waals surface area contributed by atoms with Crippen LogP contribution in [0.25, 0.3) is 0 Å². The minimum atomic E-state index is -0.587. The number of benzene rings is 2. The number of ether oxygens (including phenoxy) is 1. The van der Waals surface area contributed by atoms with Crippen LogP contribution >= 0.6 is 0 Å². The fourth-order valence-corrected chi connectivity index (χ4v) is 2.16. The Labute approximate surface area is 123 Å². The Kier molecular flexibility index (Phi) is 4.90. The number of nitro benzene ring substituents is 1. The largest absolute Gasteiger partial charge is 0.496 e. The lowest BCUT2D eigenvalue weighted by Gasteiger charge is -2.11. The van der Waals surface area contributed by atoms with Gasteiger partial charge in [-0.15, -0.1) is 0 Å². The quantitative estimate of drug-likeness (QED) is 0.653. The average Bonchev–Trinajstić information content (AvgIpc) is 2.53. The number of nitrogens with zero attached hydrogens (tertiary/aromatic N) is 1. The van der Waals surface area contributed by atoms with Gasteiger partial charge in [-0.1, -0.05) is 30.3 Å². The Bertz CT molecular complexity index is 613. The molecule has 0 amide bonds. The van der Waals surface area contributed by atoms with Gasteiger partial charge in [0.25, 0.3) is 5.69 Å². The van der Waals surface area contributed by atoms with Crippen molar-refractivity contribution in [3.05, 3.63) is 69.8 Å². The molecule has 2 rings (SSSR count). The molecule has 5 nitrogen and oxygen atoms in total. The van der Waals surface area contributed by atoms with Crippen LogP contribution in [0, 0.1) is 10.1 Å². The first kappa shape index (κ1) is 15.0. The number of rotatable bonds is 6. The van der Waals surface area contributed by atoms with Gasteiger partial charge in [-0.25, -0.2) is 0 Å². The summed E-state index contributed by atoms with van der Waals surface area (Å²) in [4.78, 5) is 10.4. The Hall–Kier alpha value is -2.40. The van der Waals surface area contributed by atoms with E-state index in [4.69, 9.17) is 4.74 Å². The highest BCUT2D eigenvalue weighted by atomic mass is 16.6. The molecule has 0 saturated heterocycles. The normalized spacial score (nSPS) is 11.9. The summed E-state index contributed by atoms with van der Waals surface area (Å²) in [6.45, 7) is 0. The molecule has 0 aliphatic rings. The van der Waals surface area contributed by atoms with Crippen molar-refractivity contribution in [3.63, 3.8) is 0 Å². The van der Waals surface area contributed by atoms with Crippen LogP contribution in [0.2, 0.25) is 0 Å². The summed E-state index contributed by atoms with van der Waals surface area (Å²) in [6.07, 6.45) is 0.444. The third-order valence-corrected chi connectivity index (χ3v) is 3.29. The lowest BCUT2D eigenvalue weighted by Crippen LogP contribution is -2.00. The van der Waals surface area contributed by atoms with Crippen molar-refractivity contribution in [1.82, 2.24) is 0 Å². The van der Waals surface area contributed by atoms with E-state index >= 15 is 0 Å². The third-order valence-electron chi connectivity index (χ3n) is 3.29. The van der Waals surface area contributed by atoms with Gasteiger partial charge in [0.05, 0.1) is 24.2 Å². The Morgan fingerprint density at radius 3 is 2.57 bits per heavy atom. The summed E-state index contributed by atoms with van der Waals surface area (Å²) in [5, 5.41) is 21.0. The van der Waals surface area contributed by atoms with Crippen LogP contribution in [0.15, 0.2) is 48.5 Å². The zero-order valence-electron chi connectivity index (χ0n) is 11.7. The van der Waals surface area contributed by atoms with Crippen molar-refractivity contribution >= 4 is 5.69 Å². The van der Waals surface area contributed by atoms with Crippen molar-refractivity contribution in [3.8, 4) is 5.75 Å². The second-order valence-corrected chi connectivity index (χ2v) is 4.76. The summed E-state index contributed by atoms with van der Waals surface area (Å²) >= 11 is 0. The average molecular weight is 287 g/mol. The summed E-state index contributed by atoms with van der Waals surface area (Å²) in [6, 6.07) is 14.0. The van der Waals surface area contributed by atoms with Gasteiger partial charge in [-0.3, -0.25) is 10.1 Å². The summed E-state index contributed by atoms with van der Waals surface area (Å²) in [5.74, 6) is 0.452. The van der Waals surface area contributed by atoms with Gasteiger partial charge in [-0.2, -0.15) is 0 Å². The van der Waals surface area contributed by atoms with Crippen LogP contribution < -0.4 is 4.74 Å². The molecule has 2 aromatic carbocycles. The highest BCUT2D eigenvalue weighted by molar-refractivity contribution is 5.42. The predicted octanol–water partition coefficient (Wildman–Crippen LogP) is 3.27. The maximum absolute atomic E-state index is 10.9. The molecule has 5 heteroatoms. The number of aryl methyl sites for hydroxylation is 1. The van der Waals surface area contributed by atoms with Crippen LogP contribution in [0.3, 0.4) is 0 Å². The molecule has 21 heavy (non-hydrogen) atoms. The molecule has 1 N–H and O–H groups in total. The van der Waals surface area contributed by atoms with Gasteiger partial charge in [0.15, 0.2) is 0 Å². The molecule has 110 valence electrons. The van der Waals surface area contributed by atoms with Crippen LogP contribution in [-0.4, -0.2) is 17.1 Å².